The molecule has 23 heavy (non-hydrogen) atoms. The van der Waals surface area contributed by atoms with Crippen molar-refractivity contribution in [2.24, 2.45) is 0 Å². The van der Waals surface area contributed by atoms with Gasteiger partial charge in [-0.2, -0.15) is 0 Å². The third-order valence-corrected chi connectivity index (χ3v) is 4.09. The van der Waals surface area contributed by atoms with Gasteiger partial charge in [-0.25, -0.2) is 0 Å². The van der Waals surface area contributed by atoms with E-state index in [9.17, 15) is 0 Å². The molecule has 1 nitrogen and oxygen atoms in total. The van der Waals surface area contributed by atoms with Gasteiger partial charge in [0, 0.05) is 26.3 Å². The van der Waals surface area contributed by atoms with E-state index in [-0.39, 0.29) is 20.1 Å². The average molecular weight is 479 g/mol. The Bertz CT molecular complexity index is 817. The number of nitrogens with zero attached hydrogens (tertiary/aromatic N) is 1. The van der Waals surface area contributed by atoms with Crippen LogP contribution in [0.1, 0.15) is 22.3 Å². The number of rotatable bonds is 2. The molecular formula is C21H20IrN-. The molecule has 0 unspecified atom stereocenters. The van der Waals surface area contributed by atoms with Crippen molar-refractivity contribution in [2.45, 2.75) is 27.7 Å². The van der Waals surface area contributed by atoms with E-state index in [1.165, 1.54) is 33.4 Å². The first-order chi connectivity index (χ1) is 10.5. The molecule has 0 amide bonds. The summed E-state index contributed by atoms with van der Waals surface area (Å²) in [6.07, 6.45) is 1.87. The summed E-state index contributed by atoms with van der Waals surface area (Å²) in [7, 11) is 0. The standard InChI is InChI=1S/C21H20N.Ir/c1-14-10-15(2)12-20(11-14)18-6-5-7-19(13-18)21-17(4)16(3)8-9-22-21;/h5-6,8-13H,1-4H3;/q-1;. The topological polar surface area (TPSA) is 12.9 Å². The first-order valence-electron chi connectivity index (χ1n) is 7.57. The second kappa shape index (κ2) is 7.21. The van der Waals surface area contributed by atoms with Gasteiger partial charge < -0.3 is 4.98 Å². The molecule has 0 atom stereocenters. The number of benzene rings is 2. The Morgan fingerprint density at radius 3 is 2.22 bits per heavy atom. The monoisotopic (exact) mass is 479 g/mol. The van der Waals surface area contributed by atoms with Crippen LogP contribution in [0.3, 0.4) is 0 Å². The SMILES string of the molecule is Cc1cc(C)cc(-c2cc[c-]c(-c3nccc(C)c3C)c2)c1.[Ir]. The molecule has 2 aromatic carbocycles. The van der Waals surface area contributed by atoms with Crippen molar-refractivity contribution in [3.8, 4) is 22.4 Å². The summed E-state index contributed by atoms with van der Waals surface area (Å²) in [5.41, 5.74) is 9.58. The Morgan fingerprint density at radius 2 is 1.52 bits per heavy atom. The molecular weight excluding hydrogens is 458 g/mol. The minimum Gasteiger partial charge on any atom is -0.304 e. The minimum absolute atomic E-state index is 0. The zero-order chi connectivity index (χ0) is 15.7. The van der Waals surface area contributed by atoms with Crippen LogP contribution < -0.4 is 0 Å². The number of aromatic nitrogens is 1. The molecule has 119 valence electrons. The second-order valence-electron chi connectivity index (χ2n) is 5.97. The predicted octanol–water partition coefficient (Wildman–Crippen LogP) is 5.45. The molecule has 0 fully saturated rings. The van der Waals surface area contributed by atoms with E-state index in [0.717, 1.165) is 11.3 Å². The van der Waals surface area contributed by atoms with Crippen LogP contribution in [0.4, 0.5) is 0 Å². The van der Waals surface area contributed by atoms with E-state index < -0.39 is 0 Å². The molecule has 0 bridgehead atoms. The van der Waals surface area contributed by atoms with E-state index in [1.807, 2.05) is 18.3 Å². The van der Waals surface area contributed by atoms with Crippen LogP contribution in [-0.2, 0) is 20.1 Å². The molecule has 3 aromatic rings. The molecule has 1 radical (unpaired) electrons. The van der Waals surface area contributed by atoms with Gasteiger partial charge in [0.25, 0.3) is 0 Å². The number of hydrogen-bond donors (Lipinski definition) is 0. The maximum Gasteiger partial charge on any atom is 0.0163 e. The third-order valence-electron chi connectivity index (χ3n) is 4.09. The Labute approximate surface area is 152 Å². The first-order valence-corrected chi connectivity index (χ1v) is 7.57. The van der Waals surface area contributed by atoms with Gasteiger partial charge in [-0.05, 0) is 45.0 Å². The van der Waals surface area contributed by atoms with Crippen LogP contribution >= 0.6 is 0 Å². The van der Waals surface area contributed by atoms with Crippen LogP contribution in [0.15, 0.2) is 48.7 Å². The zero-order valence-electron chi connectivity index (χ0n) is 13.9. The molecule has 0 saturated carbocycles. The molecule has 0 aliphatic heterocycles. The van der Waals surface area contributed by atoms with Crippen molar-refractivity contribution in [3.05, 3.63) is 77.0 Å². The van der Waals surface area contributed by atoms with Crippen LogP contribution in [0.5, 0.6) is 0 Å². The molecule has 0 saturated heterocycles. The fourth-order valence-corrected chi connectivity index (χ4v) is 2.83. The summed E-state index contributed by atoms with van der Waals surface area (Å²) >= 11 is 0. The van der Waals surface area contributed by atoms with Crippen LogP contribution in [-0.4, -0.2) is 4.98 Å². The maximum atomic E-state index is 4.55. The van der Waals surface area contributed by atoms with E-state index in [1.54, 1.807) is 0 Å². The van der Waals surface area contributed by atoms with Gasteiger partial charge in [0.05, 0.1) is 0 Å². The zero-order valence-corrected chi connectivity index (χ0v) is 16.3. The van der Waals surface area contributed by atoms with Crippen molar-refractivity contribution in [3.63, 3.8) is 0 Å². The summed E-state index contributed by atoms with van der Waals surface area (Å²) in [5.74, 6) is 0. The average Bonchev–Trinajstić information content (AvgIpc) is 2.49. The summed E-state index contributed by atoms with van der Waals surface area (Å²) in [6, 6.07) is 18.3. The smallest absolute Gasteiger partial charge is 0.0163 e. The predicted molar refractivity (Wildman–Crippen MR) is 92.9 cm³/mol. The molecule has 0 N–H and O–H groups in total. The number of pyridine rings is 1. The van der Waals surface area contributed by atoms with Gasteiger partial charge in [-0.3, -0.25) is 0 Å². The van der Waals surface area contributed by atoms with Gasteiger partial charge >= 0.3 is 0 Å². The van der Waals surface area contributed by atoms with Crippen molar-refractivity contribution >= 4 is 0 Å². The molecule has 2 heteroatoms. The molecule has 0 spiro atoms. The van der Waals surface area contributed by atoms with Gasteiger partial charge in [-0.15, -0.1) is 35.4 Å². The Morgan fingerprint density at radius 1 is 0.826 bits per heavy atom. The summed E-state index contributed by atoms with van der Waals surface area (Å²) in [5, 5.41) is 0. The largest absolute Gasteiger partial charge is 0.304 e. The van der Waals surface area contributed by atoms with E-state index in [4.69, 9.17) is 0 Å². The van der Waals surface area contributed by atoms with Crippen molar-refractivity contribution in [1.29, 1.82) is 0 Å². The molecule has 0 aliphatic rings. The molecule has 3 rings (SSSR count). The fourth-order valence-electron chi connectivity index (χ4n) is 2.83. The van der Waals surface area contributed by atoms with Crippen LogP contribution in [0.25, 0.3) is 22.4 Å². The van der Waals surface area contributed by atoms with Gasteiger partial charge in [-0.1, -0.05) is 40.5 Å². The normalized spacial score (nSPS) is 10.3. The summed E-state index contributed by atoms with van der Waals surface area (Å²) < 4.78 is 0. The van der Waals surface area contributed by atoms with Crippen molar-refractivity contribution in [1.82, 2.24) is 4.98 Å². The first kappa shape index (κ1) is 17.6. The number of hydrogen-bond acceptors (Lipinski definition) is 1. The van der Waals surface area contributed by atoms with E-state index in [0.29, 0.717) is 0 Å². The Balaban J connectivity index is 0.00000192. The number of aryl methyl sites for hydroxylation is 3. The van der Waals surface area contributed by atoms with Crippen LogP contribution in [0.2, 0.25) is 0 Å². The Hall–Kier alpha value is -1.76. The van der Waals surface area contributed by atoms with Gasteiger partial charge in [0.15, 0.2) is 0 Å². The van der Waals surface area contributed by atoms with Crippen LogP contribution in [0, 0.1) is 33.8 Å². The summed E-state index contributed by atoms with van der Waals surface area (Å²) in [4.78, 5) is 4.55. The summed E-state index contributed by atoms with van der Waals surface area (Å²) in [6.45, 7) is 8.51. The van der Waals surface area contributed by atoms with Crippen molar-refractivity contribution < 1.29 is 20.1 Å². The second-order valence-corrected chi connectivity index (χ2v) is 5.97. The van der Waals surface area contributed by atoms with E-state index >= 15 is 0 Å². The quantitative estimate of drug-likeness (QED) is 0.447. The van der Waals surface area contributed by atoms with E-state index in [2.05, 4.69) is 69.1 Å². The molecule has 0 aliphatic carbocycles. The molecule has 1 aromatic heterocycles. The van der Waals surface area contributed by atoms with Gasteiger partial charge in [0.2, 0.25) is 0 Å². The maximum absolute atomic E-state index is 4.55. The molecule has 1 heterocycles. The Kier molecular flexibility index (Phi) is 5.51. The third kappa shape index (κ3) is 3.77. The van der Waals surface area contributed by atoms with Gasteiger partial charge in [0.1, 0.15) is 0 Å². The fraction of sp³-hybridized carbons (Fsp3) is 0.190. The minimum atomic E-state index is 0. The van der Waals surface area contributed by atoms with Crippen molar-refractivity contribution in [2.75, 3.05) is 0 Å².